The van der Waals surface area contributed by atoms with E-state index in [0.717, 1.165) is 33.8 Å². The number of benzene rings is 2. The number of anilines is 1. The van der Waals surface area contributed by atoms with Gasteiger partial charge in [0.25, 0.3) is 0 Å². The van der Waals surface area contributed by atoms with Crippen LogP contribution in [0.2, 0.25) is 0 Å². The summed E-state index contributed by atoms with van der Waals surface area (Å²) in [6, 6.07) is 16.8. The summed E-state index contributed by atoms with van der Waals surface area (Å²) < 4.78 is 0. The lowest BCUT2D eigenvalue weighted by Gasteiger charge is -2.13. The Kier molecular flexibility index (Phi) is 3.80. The third-order valence-corrected chi connectivity index (χ3v) is 4.67. The second-order valence-corrected chi connectivity index (χ2v) is 6.24. The summed E-state index contributed by atoms with van der Waals surface area (Å²) in [5.74, 6) is 0.644. The molecule has 0 aliphatic carbocycles. The van der Waals surface area contributed by atoms with Crippen LogP contribution < -0.4 is 5.32 Å². The molecular formula is C21H20N4. The number of aryl methyl sites for hydroxylation is 2. The molecule has 4 heteroatoms. The summed E-state index contributed by atoms with van der Waals surface area (Å²) in [5, 5.41) is 3.06. The minimum Gasteiger partial charge on any atom is -0.357 e. The van der Waals surface area contributed by atoms with Gasteiger partial charge in [-0.3, -0.25) is 4.99 Å². The summed E-state index contributed by atoms with van der Waals surface area (Å²) in [7, 11) is 1.85. The molecular weight excluding hydrogens is 308 g/mol. The van der Waals surface area contributed by atoms with Crippen molar-refractivity contribution in [2.45, 2.75) is 20.4 Å². The molecule has 0 spiro atoms. The van der Waals surface area contributed by atoms with Gasteiger partial charge in [-0.2, -0.15) is 0 Å². The van der Waals surface area contributed by atoms with Crippen molar-refractivity contribution in [3.05, 3.63) is 76.5 Å². The van der Waals surface area contributed by atoms with Crippen molar-refractivity contribution in [2.24, 2.45) is 4.99 Å². The van der Waals surface area contributed by atoms with Crippen LogP contribution in [0, 0.1) is 13.8 Å². The summed E-state index contributed by atoms with van der Waals surface area (Å²) in [5.41, 5.74) is 8.68. The Morgan fingerprint density at radius 1 is 0.840 bits per heavy atom. The lowest BCUT2D eigenvalue weighted by atomic mass is 9.93. The molecule has 1 aromatic heterocycles. The predicted octanol–water partition coefficient (Wildman–Crippen LogP) is 4.15. The molecule has 0 radical (unpaired) electrons. The zero-order valence-corrected chi connectivity index (χ0v) is 14.7. The van der Waals surface area contributed by atoms with Gasteiger partial charge in [-0.25, -0.2) is 9.97 Å². The number of nitrogens with one attached hydrogen (secondary N) is 1. The lowest BCUT2D eigenvalue weighted by molar-refractivity contribution is 0.981. The van der Waals surface area contributed by atoms with Crippen LogP contribution in [-0.4, -0.2) is 22.7 Å². The molecule has 0 saturated carbocycles. The van der Waals surface area contributed by atoms with Crippen molar-refractivity contribution >= 4 is 11.7 Å². The molecule has 0 saturated heterocycles. The van der Waals surface area contributed by atoms with Gasteiger partial charge in [-0.05, 0) is 19.4 Å². The number of fused-ring (bicyclic) bond motifs is 3. The summed E-state index contributed by atoms with van der Waals surface area (Å²) >= 11 is 0. The number of hydrogen-bond donors (Lipinski definition) is 1. The van der Waals surface area contributed by atoms with Gasteiger partial charge in [0.1, 0.15) is 0 Å². The van der Waals surface area contributed by atoms with E-state index >= 15 is 0 Å². The average Bonchev–Trinajstić information content (AvgIpc) is 2.80. The second kappa shape index (κ2) is 6.13. The number of aliphatic imine (C=N–C) groups is 1. The molecule has 0 amide bonds. The van der Waals surface area contributed by atoms with Crippen LogP contribution in [0.5, 0.6) is 0 Å². The monoisotopic (exact) mass is 328 g/mol. The number of aromatic nitrogens is 2. The Morgan fingerprint density at radius 2 is 1.52 bits per heavy atom. The first-order valence-electron chi connectivity index (χ1n) is 8.44. The minimum atomic E-state index is 0.587. The molecule has 0 unspecified atom stereocenters. The van der Waals surface area contributed by atoms with Gasteiger partial charge in [0.05, 0.1) is 18.0 Å². The molecule has 1 aliphatic rings. The van der Waals surface area contributed by atoms with Crippen LogP contribution in [0.1, 0.15) is 27.9 Å². The van der Waals surface area contributed by atoms with Gasteiger partial charge in [-0.15, -0.1) is 0 Å². The normalized spacial score (nSPS) is 12.7. The Bertz CT molecular complexity index is 989. The maximum atomic E-state index is 4.97. The summed E-state index contributed by atoms with van der Waals surface area (Å²) in [6.07, 6.45) is 0. The first kappa shape index (κ1) is 15.5. The maximum absolute atomic E-state index is 4.97. The number of rotatable bonds is 2. The van der Waals surface area contributed by atoms with Crippen molar-refractivity contribution in [1.29, 1.82) is 0 Å². The van der Waals surface area contributed by atoms with Crippen LogP contribution in [0.3, 0.4) is 0 Å². The highest BCUT2D eigenvalue weighted by Crippen LogP contribution is 2.33. The smallest absolute Gasteiger partial charge is 0.223 e. The van der Waals surface area contributed by atoms with E-state index in [9.17, 15) is 0 Å². The molecule has 2 aromatic carbocycles. The summed E-state index contributed by atoms with van der Waals surface area (Å²) in [4.78, 5) is 14.3. The van der Waals surface area contributed by atoms with Crippen molar-refractivity contribution in [3.8, 4) is 11.3 Å². The highest BCUT2D eigenvalue weighted by molar-refractivity contribution is 6.17. The van der Waals surface area contributed by atoms with Gasteiger partial charge >= 0.3 is 0 Å². The fourth-order valence-corrected chi connectivity index (χ4v) is 3.33. The van der Waals surface area contributed by atoms with Crippen molar-refractivity contribution < 1.29 is 0 Å². The fourth-order valence-electron chi connectivity index (χ4n) is 3.33. The zero-order chi connectivity index (χ0) is 17.4. The van der Waals surface area contributed by atoms with E-state index in [0.29, 0.717) is 12.5 Å². The number of nitrogens with zero attached hydrogens (tertiary/aromatic N) is 3. The zero-order valence-electron chi connectivity index (χ0n) is 14.7. The molecule has 2 heterocycles. The molecule has 4 nitrogen and oxygen atoms in total. The quantitative estimate of drug-likeness (QED) is 0.769. The molecule has 4 rings (SSSR count). The van der Waals surface area contributed by atoms with Crippen LogP contribution in [0.15, 0.2) is 53.5 Å². The van der Waals surface area contributed by atoms with Crippen molar-refractivity contribution in [3.63, 3.8) is 0 Å². The Hall–Kier alpha value is -3.01. The Balaban J connectivity index is 2.00. The van der Waals surface area contributed by atoms with E-state index in [1.807, 2.05) is 14.0 Å². The summed E-state index contributed by atoms with van der Waals surface area (Å²) in [6.45, 7) is 4.74. The third-order valence-electron chi connectivity index (χ3n) is 4.67. The van der Waals surface area contributed by atoms with Gasteiger partial charge < -0.3 is 5.32 Å². The van der Waals surface area contributed by atoms with E-state index in [-0.39, 0.29) is 0 Å². The van der Waals surface area contributed by atoms with Crippen LogP contribution >= 0.6 is 0 Å². The highest BCUT2D eigenvalue weighted by atomic mass is 15.1. The minimum absolute atomic E-state index is 0.587. The molecule has 1 N–H and O–H groups in total. The van der Waals surface area contributed by atoms with Crippen molar-refractivity contribution in [2.75, 3.05) is 12.4 Å². The average molecular weight is 328 g/mol. The largest absolute Gasteiger partial charge is 0.357 e. The van der Waals surface area contributed by atoms with E-state index in [4.69, 9.17) is 9.98 Å². The number of hydrogen-bond acceptors (Lipinski definition) is 4. The van der Waals surface area contributed by atoms with Crippen LogP contribution in [-0.2, 0) is 6.54 Å². The van der Waals surface area contributed by atoms with Gasteiger partial charge in [0.2, 0.25) is 5.95 Å². The molecule has 1 aliphatic heterocycles. The highest BCUT2D eigenvalue weighted by Gasteiger charge is 2.22. The molecule has 3 aromatic rings. The maximum Gasteiger partial charge on any atom is 0.223 e. The molecule has 25 heavy (non-hydrogen) atoms. The lowest BCUT2D eigenvalue weighted by Crippen LogP contribution is -2.07. The Morgan fingerprint density at radius 3 is 2.24 bits per heavy atom. The first-order chi connectivity index (χ1) is 12.2. The molecule has 0 bridgehead atoms. The van der Waals surface area contributed by atoms with E-state index < -0.39 is 0 Å². The second-order valence-electron chi connectivity index (χ2n) is 6.24. The van der Waals surface area contributed by atoms with Crippen LogP contribution in [0.25, 0.3) is 11.3 Å². The van der Waals surface area contributed by atoms with E-state index in [1.165, 1.54) is 11.1 Å². The van der Waals surface area contributed by atoms with E-state index in [2.05, 4.69) is 65.8 Å². The fraction of sp³-hybridized carbons (Fsp3) is 0.190. The van der Waals surface area contributed by atoms with Gasteiger partial charge in [-0.1, -0.05) is 48.5 Å². The predicted molar refractivity (Wildman–Crippen MR) is 102 cm³/mol. The third kappa shape index (κ3) is 2.60. The first-order valence-corrected chi connectivity index (χ1v) is 8.44. The van der Waals surface area contributed by atoms with Gasteiger partial charge in [0, 0.05) is 35.0 Å². The SMILES string of the molecule is CNc1nc(C)c2c(n1)-c1ccccc1C(c1ccccc1C)=NC2. The topological polar surface area (TPSA) is 50.2 Å². The Labute approximate surface area is 147 Å². The van der Waals surface area contributed by atoms with Crippen LogP contribution in [0.4, 0.5) is 5.95 Å². The molecule has 0 atom stereocenters. The standard InChI is InChI=1S/C21H20N4/c1-13-8-4-5-9-15(13)19-16-10-6-7-11-17(16)20-18(12-23-19)14(2)24-21(22-3)25-20/h4-11H,12H2,1-3H3,(H,22,24,25). The van der Waals surface area contributed by atoms with Gasteiger partial charge in [0.15, 0.2) is 0 Å². The van der Waals surface area contributed by atoms with E-state index in [1.54, 1.807) is 0 Å². The van der Waals surface area contributed by atoms with Crippen molar-refractivity contribution in [1.82, 2.24) is 9.97 Å². The molecule has 124 valence electrons. The molecule has 0 fully saturated rings.